The van der Waals surface area contributed by atoms with E-state index in [-0.39, 0.29) is 0 Å². The zero-order chi connectivity index (χ0) is 17.3. The predicted octanol–water partition coefficient (Wildman–Crippen LogP) is 5.83. The molecule has 26 heavy (non-hydrogen) atoms. The molecule has 1 heterocycles. The average Bonchev–Trinajstić information content (AvgIpc) is 2.68. The van der Waals surface area contributed by atoms with Gasteiger partial charge in [0, 0.05) is 11.1 Å². The quantitative estimate of drug-likeness (QED) is 0.550. The fraction of sp³-hybridized carbons (Fsp3) is 0.304. The highest BCUT2D eigenvalue weighted by Gasteiger charge is 2.67. The van der Waals surface area contributed by atoms with Gasteiger partial charge in [-0.2, -0.15) is 0 Å². The van der Waals surface area contributed by atoms with Gasteiger partial charge >= 0.3 is 0 Å². The van der Waals surface area contributed by atoms with E-state index in [1.807, 2.05) is 36.4 Å². The van der Waals surface area contributed by atoms with Crippen molar-refractivity contribution in [2.45, 2.75) is 18.8 Å². The highest BCUT2D eigenvalue weighted by molar-refractivity contribution is 6.28. The van der Waals surface area contributed by atoms with Crippen LogP contribution >= 0.6 is 11.6 Å². The van der Waals surface area contributed by atoms with Gasteiger partial charge in [-0.15, -0.1) is 0 Å². The first-order chi connectivity index (χ1) is 12.8. The Kier molecular flexibility index (Phi) is 3.10. The Labute approximate surface area is 158 Å². The Morgan fingerprint density at radius 3 is 1.96 bits per heavy atom. The zero-order valence-corrected chi connectivity index (χ0v) is 15.1. The van der Waals surface area contributed by atoms with Gasteiger partial charge in [0.2, 0.25) is 5.28 Å². The summed E-state index contributed by atoms with van der Waals surface area (Å²) in [5.41, 5.74) is 5.42. The van der Waals surface area contributed by atoms with Crippen molar-refractivity contribution in [3.05, 3.63) is 71.5 Å². The summed E-state index contributed by atoms with van der Waals surface area (Å²) in [6.07, 6.45) is 2.94. The first-order valence-electron chi connectivity index (χ1n) is 9.48. The van der Waals surface area contributed by atoms with Crippen molar-refractivity contribution in [2.24, 2.45) is 23.7 Å². The maximum Gasteiger partial charge on any atom is 0.223 e. The number of rotatable bonds is 3. The van der Waals surface area contributed by atoms with Crippen molar-refractivity contribution in [3.63, 3.8) is 0 Å². The van der Waals surface area contributed by atoms with Crippen LogP contribution in [0.1, 0.15) is 24.3 Å². The van der Waals surface area contributed by atoms with Gasteiger partial charge in [0.05, 0.1) is 11.4 Å². The second-order valence-corrected chi connectivity index (χ2v) is 8.40. The Morgan fingerprint density at radius 2 is 1.38 bits per heavy atom. The van der Waals surface area contributed by atoms with E-state index in [4.69, 9.17) is 11.6 Å². The van der Waals surface area contributed by atoms with Crippen molar-refractivity contribution in [1.82, 2.24) is 9.97 Å². The first-order valence-corrected chi connectivity index (χ1v) is 9.86. The average molecular weight is 359 g/mol. The van der Waals surface area contributed by atoms with Gasteiger partial charge in [0.15, 0.2) is 0 Å². The van der Waals surface area contributed by atoms with E-state index >= 15 is 0 Å². The fourth-order valence-electron chi connectivity index (χ4n) is 5.69. The Morgan fingerprint density at radius 1 is 0.769 bits per heavy atom. The topological polar surface area (TPSA) is 25.8 Å². The molecular weight excluding hydrogens is 340 g/mol. The van der Waals surface area contributed by atoms with Crippen molar-refractivity contribution in [2.75, 3.05) is 0 Å². The lowest BCUT2D eigenvalue weighted by Gasteiger charge is -2.73. The third-order valence-electron chi connectivity index (χ3n) is 6.97. The summed E-state index contributed by atoms with van der Waals surface area (Å²) in [5.74, 6) is 4.92. The van der Waals surface area contributed by atoms with Crippen LogP contribution in [0.15, 0.2) is 60.7 Å². The van der Waals surface area contributed by atoms with Gasteiger partial charge in [-0.1, -0.05) is 54.6 Å². The smallest absolute Gasteiger partial charge is 0.218 e. The summed E-state index contributed by atoms with van der Waals surface area (Å²) >= 11 is 6.21. The van der Waals surface area contributed by atoms with Gasteiger partial charge in [-0.3, -0.25) is 0 Å². The molecule has 0 saturated heterocycles. The van der Waals surface area contributed by atoms with E-state index in [1.165, 1.54) is 18.4 Å². The number of hydrogen-bond acceptors (Lipinski definition) is 2. The zero-order valence-electron chi connectivity index (χ0n) is 14.3. The summed E-state index contributed by atoms with van der Waals surface area (Å²) in [6.45, 7) is 0. The number of hydrogen-bond donors (Lipinski definition) is 0. The SMILES string of the molecule is Clc1nc(-c2ccccc2)cc(-c2ccc(C3C4CC5CC3C54)cc2)n1. The van der Waals surface area contributed by atoms with Crippen LogP contribution in [-0.2, 0) is 0 Å². The summed E-state index contributed by atoms with van der Waals surface area (Å²) in [5, 5.41) is 0.294. The van der Waals surface area contributed by atoms with Crippen molar-refractivity contribution < 1.29 is 0 Å². The van der Waals surface area contributed by atoms with Crippen LogP contribution in [0.5, 0.6) is 0 Å². The molecule has 3 aromatic rings. The minimum Gasteiger partial charge on any atom is -0.218 e. The van der Waals surface area contributed by atoms with Gasteiger partial charge in [-0.25, -0.2) is 9.97 Å². The van der Waals surface area contributed by atoms with Crippen LogP contribution in [0.2, 0.25) is 5.28 Å². The lowest BCUT2D eigenvalue weighted by molar-refractivity contribution is -0.214. The van der Waals surface area contributed by atoms with Crippen molar-refractivity contribution in [1.29, 1.82) is 0 Å². The monoisotopic (exact) mass is 358 g/mol. The minimum atomic E-state index is 0.294. The molecule has 0 spiro atoms. The number of nitrogens with zero attached hydrogens (tertiary/aromatic N) is 2. The molecule has 3 fully saturated rings. The van der Waals surface area contributed by atoms with Crippen LogP contribution in [-0.4, -0.2) is 9.97 Å². The Hall–Kier alpha value is -2.19. The van der Waals surface area contributed by atoms with Crippen LogP contribution < -0.4 is 0 Å². The van der Waals surface area contributed by atoms with E-state index in [2.05, 4.69) is 34.2 Å². The molecule has 1 aromatic heterocycles. The first kappa shape index (κ1) is 14.9. The van der Waals surface area contributed by atoms with Crippen molar-refractivity contribution in [3.8, 4) is 22.5 Å². The third kappa shape index (κ3) is 2.05. The van der Waals surface area contributed by atoms with E-state index < -0.39 is 0 Å². The predicted molar refractivity (Wildman–Crippen MR) is 104 cm³/mol. The standard InChI is InChI=1S/C23H19ClN2/c24-23-25-19(13-4-2-1-3-5-13)12-20(26-23)14-6-8-15(9-7-14)21-17-10-16-11-18(21)22(16)17/h1-9,12,16-18,21-22H,10-11H2. The Balaban J connectivity index is 1.32. The summed E-state index contributed by atoms with van der Waals surface area (Å²) < 4.78 is 0. The molecule has 3 heteroatoms. The molecular formula is C23H19ClN2. The molecule has 3 aliphatic rings. The maximum absolute atomic E-state index is 6.21. The lowest BCUT2D eigenvalue weighted by atomic mass is 9.31. The highest BCUT2D eigenvalue weighted by atomic mass is 35.5. The van der Waals surface area contributed by atoms with Crippen molar-refractivity contribution >= 4 is 11.6 Å². The largest absolute Gasteiger partial charge is 0.223 e. The fourth-order valence-corrected chi connectivity index (χ4v) is 5.87. The maximum atomic E-state index is 6.21. The third-order valence-corrected chi connectivity index (χ3v) is 7.13. The molecule has 2 unspecified atom stereocenters. The Bertz CT molecular complexity index is 969. The van der Waals surface area contributed by atoms with Gasteiger partial charge in [0.1, 0.15) is 0 Å². The molecule has 6 rings (SSSR count). The number of halogens is 1. The van der Waals surface area contributed by atoms with E-state index in [0.29, 0.717) is 5.28 Å². The van der Waals surface area contributed by atoms with E-state index in [9.17, 15) is 0 Å². The van der Waals surface area contributed by atoms with Crippen LogP contribution in [0.4, 0.5) is 0 Å². The minimum absolute atomic E-state index is 0.294. The molecule has 3 saturated carbocycles. The molecule has 0 bridgehead atoms. The van der Waals surface area contributed by atoms with Gasteiger partial charge in [-0.05, 0) is 65.7 Å². The van der Waals surface area contributed by atoms with Crippen LogP contribution in [0.25, 0.3) is 22.5 Å². The van der Waals surface area contributed by atoms with E-state index in [0.717, 1.165) is 52.1 Å². The van der Waals surface area contributed by atoms with E-state index in [1.54, 1.807) is 0 Å². The molecule has 0 amide bonds. The normalized spacial score (nSPS) is 30.6. The molecule has 2 aromatic carbocycles. The second-order valence-electron chi connectivity index (χ2n) is 8.06. The molecule has 2 atom stereocenters. The molecule has 0 aliphatic heterocycles. The second kappa shape index (κ2) is 5.40. The van der Waals surface area contributed by atoms with Crippen LogP contribution in [0.3, 0.4) is 0 Å². The van der Waals surface area contributed by atoms with Gasteiger partial charge in [0.25, 0.3) is 0 Å². The molecule has 2 nitrogen and oxygen atoms in total. The van der Waals surface area contributed by atoms with Gasteiger partial charge < -0.3 is 0 Å². The molecule has 128 valence electrons. The number of aromatic nitrogens is 2. The van der Waals surface area contributed by atoms with Crippen LogP contribution in [0, 0.1) is 23.7 Å². The summed E-state index contributed by atoms with van der Waals surface area (Å²) in [6, 6.07) is 21.2. The molecule has 0 radical (unpaired) electrons. The highest BCUT2D eigenvalue weighted by Crippen LogP contribution is 2.75. The summed E-state index contributed by atoms with van der Waals surface area (Å²) in [4.78, 5) is 8.85. The molecule has 0 N–H and O–H groups in total. The summed E-state index contributed by atoms with van der Waals surface area (Å²) in [7, 11) is 0. The molecule has 3 aliphatic carbocycles. The lowest BCUT2D eigenvalue weighted by Crippen LogP contribution is -2.65. The number of benzene rings is 2.